The summed E-state index contributed by atoms with van der Waals surface area (Å²) >= 11 is 0. The molecule has 0 aromatic heterocycles. The van der Waals surface area contributed by atoms with E-state index in [9.17, 15) is 14.7 Å². The second kappa shape index (κ2) is 6.59. The van der Waals surface area contributed by atoms with Crippen molar-refractivity contribution in [2.24, 2.45) is 11.3 Å². The van der Waals surface area contributed by atoms with Crippen LogP contribution in [0.2, 0.25) is 0 Å². The average Bonchev–Trinajstić information content (AvgIpc) is 2.38. The highest BCUT2D eigenvalue weighted by molar-refractivity contribution is 5.78. The van der Waals surface area contributed by atoms with Crippen molar-refractivity contribution in [3.63, 3.8) is 0 Å². The molecule has 1 aliphatic carbocycles. The van der Waals surface area contributed by atoms with Crippen molar-refractivity contribution in [3.05, 3.63) is 12.7 Å². The number of carboxylic acids is 1. The van der Waals surface area contributed by atoms with Crippen molar-refractivity contribution >= 4 is 12.0 Å². The molecule has 5 nitrogen and oxygen atoms in total. The Hall–Kier alpha value is -1.52. The highest BCUT2D eigenvalue weighted by Gasteiger charge is 2.41. The fourth-order valence-electron chi connectivity index (χ4n) is 2.35. The number of rotatable bonds is 5. The number of urea groups is 1. The van der Waals surface area contributed by atoms with Gasteiger partial charge in [-0.1, -0.05) is 13.0 Å². The van der Waals surface area contributed by atoms with E-state index in [1.807, 2.05) is 6.92 Å². The second-order valence-electron chi connectivity index (χ2n) is 5.62. The van der Waals surface area contributed by atoms with Crippen LogP contribution in [0.3, 0.4) is 0 Å². The number of carbonyl (C=O) groups excluding carboxylic acids is 1. The molecule has 1 saturated carbocycles. The molecule has 19 heavy (non-hydrogen) atoms. The minimum absolute atomic E-state index is 0.132. The van der Waals surface area contributed by atoms with Gasteiger partial charge < -0.3 is 15.7 Å². The van der Waals surface area contributed by atoms with Gasteiger partial charge in [0.05, 0.1) is 5.41 Å². The van der Waals surface area contributed by atoms with Crippen LogP contribution in [0.1, 0.15) is 39.5 Å². The summed E-state index contributed by atoms with van der Waals surface area (Å²) in [6, 6.07) is -0.473. The van der Waals surface area contributed by atoms with Crippen molar-refractivity contribution in [2.45, 2.75) is 45.6 Å². The Morgan fingerprint density at radius 2 is 2.05 bits per heavy atom. The zero-order valence-corrected chi connectivity index (χ0v) is 11.7. The van der Waals surface area contributed by atoms with Crippen LogP contribution < -0.4 is 10.6 Å². The number of carboxylic acid groups (broad SMARTS) is 1. The standard InChI is InChI=1S/C14H24N2O3/c1-4-11(3)16-13(19)15-9-14(12(17)18)7-5-10(2)6-8-14/h4,10-11H,1,5-9H2,2-3H3,(H,17,18)(H2,15,16,19). The molecule has 0 bridgehead atoms. The third-order valence-electron chi connectivity index (χ3n) is 3.98. The lowest BCUT2D eigenvalue weighted by molar-refractivity contribution is -0.151. The van der Waals surface area contributed by atoms with E-state index in [1.165, 1.54) is 0 Å². The Morgan fingerprint density at radius 3 is 2.53 bits per heavy atom. The molecule has 0 spiro atoms. The van der Waals surface area contributed by atoms with Crippen LogP contribution in [0.5, 0.6) is 0 Å². The van der Waals surface area contributed by atoms with Crippen molar-refractivity contribution in [3.8, 4) is 0 Å². The molecular weight excluding hydrogens is 244 g/mol. The summed E-state index contributed by atoms with van der Waals surface area (Å²) in [5.41, 5.74) is -0.804. The first-order valence-electron chi connectivity index (χ1n) is 6.80. The molecule has 108 valence electrons. The Bertz CT molecular complexity index is 347. The summed E-state index contributed by atoms with van der Waals surface area (Å²) in [6.07, 6.45) is 4.67. The van der Waals surface area contributed by atoms with Gasteiger partial charge in [-0.05, 0) is 38.5 Å². The van der Waals surface area contributed by atoms with Gasteiger partial charge in [0, 0.05) is 12.6 Å². The summed E-state index contributed by atoms with van der Waals surface area (Å²) in [6.45, 7) is 7.71. The lowest BCUT2D eigenvalue weighted by Crippen LogP contribution is -2.49. The molecular formula is C14H24N2O3. The summed E-state index contributed by atoms with van der Waals surface area (Å²) < 4.78 is 0. The number of amides is 2. The van der Waals surface area contributed by atoms with Gasteiger partial charge in [0.2, 0.25) is 0 Å². The molecule has 5 heteroatoms. The first-order chi connectivity index (χ1) is 8.89. The zero-order chi connectivity index (χ0) is 14.5. The number of aliphatic carboxylic acids is 1. The quantitative estimate of drug-likeness (QED) is 0.668. The van der Waals surface area contributed by atoms with E-state index in [-0.39, 0.29) is 18.6 Å². The van der Waals surface area contributed by atoms with E-state index in [1.54, 1.807) is 6.08 Å². The fourth-order valence-corrected chi connectivity index (χ4v) is 2.35. The Labute approximate surface area is 114 Å². The molecule has 2 amide bonds. The summed E-state index contributed by atoms with van der Waals surface area (Å²) in [5.74, 6) is -0.237. The highest BCUT2D eigenvalue weighted by atomic mass is 16.4. The van der Waals surface area contributed by atoms with Gasteiger partial charge in [-0.3, -0.25) is 4.79 Å². The molecule has 0 aromatic carbocycles. The van der Waals surface area contributed by atoms with Crippen LogP contribution in [0.4, 0.5) is 4.79 Å². The smallest absolute Gasteiger partial charge is 0.315 e. The maximum Gasteiger partial charge on any atom is 0.315 e. The summed E-state index contributed by atoms with van der Waals surface area (Å²) in [5, 5.41) is 14.8. The van der Waals surface area contributed by atoms with Crippen molar-refractivity contribution in [1.29, 1.82) is 0 Å². The van der Waals surface area contributed by atoms with Crippen molar-refractivity contribution in [1.82, 2.24) is 10.6 Å². The van der Waals surface area contributed by atoms with Crippen LogP contribution in [0, 0.1) is 11.3 Å². The largest absolute Gasteiger partial charge is 0.481 e. The van der Waals surface area contributed by atoms with E-state index < -0.39 is 11.4 Å². The molecule has 0 saturated heterocycles. The van der Waals surface area contributed by atoms with Crippen LogP contribution >= 0.6 is 0 Å². The molecule has 0 aromatic rings. The van der Waals surface area contributed by atoms with E-state index in [0.717, 1.165) is 12.8 Å². The number of hydrogen-bond donors (Lipinski definition) is 3. The van der Waals surface area contributed by atoms with Gasteiger partial charge in [-0.25, -0.2) is 4.79 Å². The molecule has 0 radical (unpaired) electrons. The Balaban J connectivity index is 2.53. The van der Waals surface area contributed by atoms with E-state index in [4.69, 9.17) is 0 Å². The monoisotopic (exact) mass is 268 g/mol. The molecule has 1 fully saturated rings. The van der Waals surface area contributed by atoms with Crippen LogP contribution in [-0.4, -0.2) is 29.7 Å². The van der Waals surface area contributed by atoms with Crippen molar-refractivity contribution < 1.29 is 14.7 Å². The van der Waals surface area contributed by atoms with Gasteiger partial charge in [-0.15, -0.1) is 6.58 Å². The molecule has 1 atom stereocenters. The first-order valence-corrected chi connectivity index (χ1v) is 6.80. The van der Waals surface area contributed by atoms with Gasteiger partial charge in [0.25, 0.3) is 0 Å². The number of nitrogens with one attached hydrogen (secondary N) is 2. The minimum Gasteiger partial charge on any atom is -0.481 e. The third kappa shape index (κ3) is 4.26. The Kier molecular flexibility index (Phi) is 5.39. The van der Waals surface area contributed by atoms with Crippen LogP contribution in [0.25, 0.3) is 0 Å². The lowest BCUT2D eigenvalue weighted by Gasteiger charge is -2.35. The van der Waals surface area contributed by atoms with Gasteiger partial charge >= 0.3 is 12.0 Å². The topological polar surface area (TPSA) is 78.4 Å². The molecule has 1 unspecified atom stereocenters. The SMILES string of the molecule is C=CC(C)NC(=O)NCC1(C(=O)O)CCC(C)CC1. The predicted octanol–water partition coefficient (Wildman–Crippen LogP) is 2.14. The summed E-state index contributed by atoms with van der Waals surface area (Å²) in [7, 11) is 0. The highest BCUT2D eigenvalue weighted by Crippen LogP contribution is 2.38. The molecule has 1 aliphatic rings. The van der Waals surface area contributed by atoms with E-state index in [2.05, 4.69) is 24.1 Å². The maximum atomic E-state index is 11.6. The normalized spacial score (nSPS) is 28.2. The van der Waals surface area contributed by atoms with Crippen LogP contribution in [-0.2, 0) is 4.79 Å². The van der Waals surface area contributed by atoms with Gasteiger partial charge in [-0.2, -0.15) is 0 Å². The van der Waals surface area contributed by atoms with E-state index in [0.29, 0.717) is 18.8 Å². The fraction of sp³-hybridized carbons (Fsp3) is 0.714. The molecule has 0 aliphatic heterocycles. The average molecular weight is 268 g/mol. The Morgan fingerprint density at radius 1 is 1.47 bits per heavy atom. The van der Waals surface area contributed by atoms with Gasteiger partial charge in [0.1, 0.15) is 0 Å². The predicted molar refractivity (Wildman–Crippen MR) is 73.9 cm³/mol. The molecule has 1 rings (SSSR count). The lowest BCUT2D eigenvalue weighted by atomic mass is 9.71. The zero-order valence-electron chi connectivity index (χ0n) is 11.7. The maximum absolute atomic E-state index is 11.6. The number of carbonyl (C=O) groups is 2. The van der Waals surface area contributed by atoms with Crippen LogP contribution in [0.15, 0.2) is 12.7 Å². The summed E-state index contributed by atoms with van der Waals surface area (Å²) in [4.78, 5) is 23.1. The van der Waals surface area contributed by atoms with Crippen molar-refractivity contribution in [2.75, 3.05) is 6.54 Å². The second-order valence-corrected chi connectivity index (χ2v) is 5.62. The first kappa shape index (κ1) is 15.5. The van der Waals surface area contributed by atoms with Gasteiger partial charge in [0.15, 0.2) is 0 Å². The van der Waals surface area contributed by atoms with E-state index >= 15 is 0 Å². The third-order valence-corrected chi connectivity index (χ3v) is 3.98. The minimum atomic E-state index is -0.809. The molecule has 3 N–H and O–H groups in total. The number of hydrogen-bond acceptors (Lipinski definition) is 2. The molecule has 0 heterocycles.